The van der Waals surface area contributed by atoms with Crippen LogP contribution in [0.2, 0.25) is 0 Å². The quantitative estimate of drug-likeness (QED) is 0.739. The average molecular weight is 316 g/mol. The zero-order valence-electron chi connectivity index (χ0n) is 11.1. The van der Waals surface area contributed by atoms with Crippen LogP contribution in [-0.4, -0.2) is 28.0 Å². The molecule has 0 N–H and O–H groups in total. The molecule has 0 saturated carbocycles. The third kappa shape index (κ3) is 2.68. The van der Waals surface area contributed by atoms with E-state index >= 15 is 0 Å². The van der Waals surface area contributed by atoms with Gasteiger partial charge in [-0.25, -0.2) is 9.48 Å². The van der Waals surface area contributed by atoms with Gasteiger partial charge in [0.2, 0.25) is 0 Å². The maximum absolute atomic E-state index is 12.2. The van der Waals surface area contributed by atoms with Gasteiger partial charge in [0, 0.05) is 13.1 Å². The molecule has 1 amide bonds. The van der Waals surface area contributed by atoms with Crippen molar-refractivity contribution in [3.8, 4) is 0 Å². The van der Waals surface area contributed by atoms with Gasteiger partial charge in [0.05, 0.1) is 10.7 Å². The summed E-state index contributed by atoms with van der Waals surface area (Å²) in [5, 5.41) is 4.26. The molecular formula is C12H18BrN3O2. The Kier molecular flexibility index (Phi) is 3.40. The molecule has 0 spiro atoms. The minimum absolute atomic E-state index is 0.323. The second-order valence-corrected chi connectivity index (χ2v) is 6.55. The largest absolute Gasteiger partial charge is 0.443 e. The van der Waals surface area contributed by atoms with E-state index in [9.17, 15) is 4.79 Å². The Labute approximate surface area is 115 Å². The number of ether oxygens (including phenoxy) is 1. The van der Waals surface area contributed by atoms with E-state index in [1.165, 1.54) is 0 Å². The van der Waals surface area contributed by atoms with Crippen molar-refractivity contribution in [2.45, 2.75) is 39.8 Å². The van der Waals surface area contributed by atoms with Crippen LogP contribution in [0.1, 0.15) is 27.7 Å². The highest BCUT2D eigenvalue weighted by atomic mass is 79.9. The molecule has 1 aliphatic heterocycles. The fourth-order valence-corrected chi connectivity index (χ4v) is 2.50. The number of rotatable bonds is 0. The standard InChI is InChI=1S/C12H18BrN3O2/c1-8-6-15(11(17)18-12(2,3)4)10-9(13)5-14-16(10)7-8/h5,8H,6-7H2,1-4H3. The predicted octanol–water partition coefficient (Wildman–Crippen LogP) is 3.04. The lowest BCUT2D eigenvalue weighted by Gasteiger charge is -2.33. The van der Waals surface area contributed by atoms with Crippen molar-refractivity contribution in [1.29, 1.82) is 0 Å². The Morgan fingerprint density at radius 1 is 1.50 bits per heavy atom. The van der Waals surface area contributed by atoms with E-state index in [0.29, 0.717) is 12.5 Å². The Hall–Kier alpha value is -1.04. The third-order valence-corrected chi connectivity index (χ3v) is 3.18. The van der Waals surface area contributed by atoms with Gasteiger partial charge in [-0.2, -0.15) is 5.10 Å². The monoisotopic (exact) mass is 315 g/mol. The molecule has 1 aliphatic rings. The molecule has 1 unspecified atom stereocenters. The van der Waals surface area contributed by atoms with Gasteiger partial charge in [-0.15, -0.1) is 0 Å². The number of carbonyl (C=O) groups excluding carboxylic acids is 1. The molecule has 2 rings (SSSR count). The highest BCUT2D eigenvalue weighted by Gasteiger charge is 2.32. The third-order valence-electron chi connectivity index (χ3n) is 2.62. The highest BCUT2D eigenvalue weighted by Crippen LogP contribution is 2.32. The number of anilines is 1. The predicted molar refractivity (Wildman–Crippen MR) is 72.7 cm³/mol. The van der Waals surface area contributed by atoms with Gasteiger partial charge in [-0.1, -0.05) is 6.92 Å². The molecule has 0 saturated heterocycles. The second kappa shape index (κ2) is 4.57. The van der Waals surface area contributed by atoms with E-state index in [4.69, 9.17) is 4.74 Å². The maximum atomic E-state index is 12.2. The van der Waals surface area contributed by atoms with E-state index in [2.05, 4.69) is 28.0 Å². The number of aromatic nitrogens is 2. The number of fused-ring (bicyclic) bond motifs is 1. The van der Waals surface area contributed by atoms with Crippen LogP contribution in [0.5, 0.6) is 0 Å². The minimum Gasteiger partial charge on any atom is -0.443 e. The molecule has 1 atom stereocenters. The first-order chi connectivity index (χ1) is 8.28. The lowest BCUT2D eigenvalue weighted by molar-refractivity contribution is 0.0564. The van der Waals surface area contributed by atoms with E-state index in [1.54, 1.807) is 11.1 Å². The van der Waals surface area contributed by atoms with Crippen molar-refractivity contribution in [3.63, 3.8) is 0 Å². The summed E-state index contributed by atoms with van der Waals surface area (Å²) in [5.41, 5.74) is -0.491. The maximum Gasteiger partial charge on any atom is 0.416 e. The van der Waals surface area contributed by atoms with E-state index in [-0.39, 0.29) is 6.09 Å². The summed E-state index contributed by atoms with van der Waals surface area (Å²) in [7, 11) is 0. The molecule has 0 bridgehead atoms. The Morgan fingerprint density at radius 3 is 2.78 bits per heavy atom. The van der Waals surface area contributed by atoms with Gasteiger partial charge in [0.1, 0.15) is 5.60 Å². The number of hydrogen-bond donors (Lipinski definition) is 0. The van der Waals surface area contributed by atoms with Crippen molar-refractivity contribution < 1.29 is 9.53 Å². The zero-order valence-corrected chi connectivity index (χ0v) is 12.7. The summed E-state index contributed by atoms with van der Waals surface area (Å²) in [6, 6.07) is 0. The van der Waals surface area contributed by atoms with Gasteiger partial charge in [0.25, 0.3) is 0 Å². The lowest BCUT2D eigenvalue weighted by Crippen LogP contribution is -2.44. The molecule has 2 heterocycles. The van der Waals surface area contributed by atoms with Gasteiger partial charge in [0.15, 0.2) is 5.82 Å². The van der Waals surface area contributed by atoms with Crippen molar-refractivity contribution in [3.05, 3.63) is 10.7 Å². The summed E-state index contributed by atoms with van der Waals surface area (Å²) in [4.78, 5) is 13.9. The van der Waals surface area contributed by atoms with Crippen LogP contribution in [0.25, 0.3) is 0 Å². The van der Waals surface area contributed by atoms with Crippen LogP contribution in [0.15, 0.2) is 10.7 Å². The second-order valence-electron chi connectivity index (χ2n) is 5.69. The fraction of sp³-hybridized carbons (Fsp3) is 0.667. The molecule has 0 aromatic carbocycles. The summed E-state index contributed by atoms with van der Waals surface area (Å²) in [6.45, 7) is 9.16. The first kappa shape index (κ1) is 13.4. The normalized spacial score (nSPS) is 19.6. The van der Waals surface area contributed by atoms with Crippen molar-refractivity contribution in [2.24, 2.45) is 5.92 Å². The van der Waals surface area contributed by atoms with Gasteiger partial charge in [-0.3, -0.25) is 4.90 Å². The molecule has 18 heavy (non-hydrogen) atoms. The fourth-order valence-electron chi connectivity index (χ4n) is 1.99. The zero-order chi connectivity index (χ0) is 13.5. The number of carbonyl (C=O) groups is 1. The van der Waals surface area contributed by atoms with Gasteiger partial charge < -0.3 is 4.74 Å². The van der Waals surface area contributed by atoms with Crippen molar-refractivity contribution in [1.82, 2.24) is 9.78 Å². The van der Waals surface area contributed by atoms with E-state index in [0.717, 1.165) is 16.8 Å². The van der Waals surface area contributed by atoms with Gasteiger partial charge in [-0.05, 0) is 42.6 Å². The Morgan fingerprint density at radius 2 is 2.17 bits per heavy atom. The van der Waals surface area contributed by atoms with Crippen molar-refractivity contribution in [2.75, 3.05) is 11.4 Å². The summed E-state index contributed by atoms with van der Waals surface area (Å²) < 4.78 is 8.09. The number of hydrogen-bond acceptors (Lipinski definition) is 3. The molecule has 1 aromatic rings. The van der Waals surface area contributed by atoms with Crippen LogP contribution in [0, 0.1) is 5.92 Å². The van der Waals surface area contributed by atoms with Crippen LogP contribution in [-0.2, 0) is 11.3 Å². The van der Waals surface area contributed by atoms with Crippen LogP contribution in [0.3, 0.4) is 0 Å². The summed E-state index contributed by atoms with van der Waals surface area (Å²) >= 11 is 3.43. The van der Waals surface area contributed by atoms with Crippen molar-refractivity contribution >= 4 is 27.8 Å². The molecular weight excluding hydrogens is 298 g/mol. The molecule has 0 aliphatic carbocycles. The molecule has 6 heteroatoms. The molecule has 0 fully saturated rings. The van der Waals surface area contributed by atoms with Gasteiger partial charge >= 0.3 is 6.09 Å². The Bertz CT molecular complexity index is 464. The van der Waals surface area contributed by atoms with E-state index in [1.807, 2.05) is 25.5 Å². The lowest BCUT2D eigenvalue weighted by atomic mass is 10.1. The minimum atomic E-state index is -0.491. The topological polar surface area (TPSA) is 47.4 Å². The van der Waals surface area contributed by atoms with E-state index < -0.39 is 5.60 Å². The molecule has 0 radical (unpaired) electrons. The Balaban J connectivity index is 2.28. The number of amides is 1. The van der Waals surface area contributed by atoms with Crippen LogP contribution in [0.4, 0.5) is 10.6 Å². The SMILES string of the molecule is CC1CN(C(=O)OC(C)(C)C)c2c(Br)cnn2C1. The summed E-state index contributed by atoms with van der Waals surface area (Å²) in [5.74, 6) is 1.14. The number of halogens is 1. The molecule has 100 valence electrons. The molecule has 1 aromatic heterocycles. The smallest absolute Gasteiger partial charge is 0.416 e. The first-order valence-corrected chi connectivity index (χ1v) is 6.79. The molecule has 5 nitrogen and oxygen atoms in total. The number of nitrogens with zero attached hydrogens (tertiary/aromatic N) is 3. The highest BCUT2D eigenvalue weighted by molar-refractivity contribution is 9.10. The summed E-state index contributed by atoms with van der Waals surface area (Å²) in [6.07, 6.45) is 1.39. The van der Waals surface area contributed by atoms with Crippen LogP contribution < -0.4 is 4.90 Å². The first-order valence-electron chi connectivity index (χ1n) is 6.00. The average Bonchev–Trinajstić information content (AvgIpc) is 2.56. The van der Waals surface area contributed by atoms with Crippen LogP contribution >= 0.6 is 15.9 Å².